The number of carbonyl (C=O) groups is 1. The number of hydrogen-bond donors (Lipinski definition) is 1. The van der Waals surface area contributed by atoms with Crippen LogP contribution in [0.15, 0.2) is 5.38 Å². The Hall–Kier alpha value is -1.18. The van der Waals surface area contributed by atoms with Crippen molar-refractivity contribution in [3.05, 3.63) is 16.1 Å². The first-order valence-corrected chi connectivity index (χ1v) is 5.17. The fraction of sp³-hybridized carbons (Fsp3) is 0.400. The zero-order valence-electron chi connectivity index (χ0n) is 8.04. The van der Waals surface area contributed by atoms with Gasteiger partial charge in [-0.1, -0.05) is 5.92 Å². The molecule has 4 heteroatoms. The van der Waals surface area contributed by atoms with Crippen molar-refractivity contribution < 1.29 is 4.79 Å². The Morgan fingerprint density at radius 3 is 3.14 bits per heavy atom. The van der Waals surface area contributed by atoms with Crippen LogP contribution < -0.4 is 5.32 Å². The molecule has 1 rings (SSSR count). The van der Waals surface area contributed by atoms with Gasteiger partial charge in [-0.15, -0.1) is 17.8 Å². The van der Waals surface area contributed by atoms with E-state index in [4.69, 9.17) is 6.42 Å². The lowest BCUT2D eigenvalue weighted by molar-refractivity contribution is -0.117. The number of aromatic nitrogens is 1. The summed E-state index contributed by atoms with van der Waals surface area (Å²) >= 11 is 1.56. The summed E-state index contributed by atoms with van der Waals surface area (Å²) < 4.78 is 0. The van der Waals surface area contributed by atoms with Gasteiger partial charge in [-0.05, 0) is 6.92 Å². The summed E-state index contributed by atoms with van der Waals surface area (Å²) in [7, 11) is 0. The van der Waals surface area contributed by atoms with E-state index in [1.807, 2.05) is 12.3 Å². The summed E-state index contributed by atoms with van der Waals surface area (Å²) in [6, 6.07) is 0. The molecule has 0 aliphatic rings. The van der Waals surface area contributed by atoms with Crippen LogP contribution in [0.3, 0.4) is 0 Å². The van der Waals surface area contributed by atoms with Crippen molar-refractivity contribution in [1.82, 2.24) is 10.3 Å². The quantitative estimate of drug-likeness (QED) is 0.574. The minimum Gasteiger partial charge on any atom is -0.299 e. The van der Waals surface area contributed by atoms with Gasteiger partial charge in [0.1, 0.15) is 0 Å². The third-order valence-corrected chi connectivity index (χ3v) is 2.42. The highest BCUT2D eigenvalue weighted by Gasteiger charge is 2.05. The fourth-order valence-corrected chi connectivity index (χ4v) is 1.64. The Morgan fingerprint density at radius 2 is 2.57 bits per heavy atom. The Kier molecular flexibility index (Phi) is 4.30. The molecule has 0 saturated heterocycles. The summed E-state index contributed by atoms with van der Waals surface area (Å²) in [5.74, 6) is 2.53. The molecule has 1 aromatic heterocycles. The fourth-order valence-electron chi connectivity index (χ4n) is 1.03. The van der Waals surface area contributed by atoms with Gasteiger partial charge >= 0.3 is 0 Å². The molecule has 0 bridgehead atoms. The van der Waals surface area contributed by atoms with Gasteiger partial charge < -0.3 is 0 Å². The molecule has 0 aromatic carbocycles. The molecule has 1 N–H and O–H groups in total. The van der Waals surface area contributed by atoms with E-state index in [9.17, 15) is 4.79 Å². The van der Waals surface area contributed by atoms with E-state index < -0.39 is 0 Å². The average Bonchev–Trinajstić information content (AvgIpc) is 2.52. The first-order chi connectivity index (χ1) is 6.72. The van der Waals surface area contributed by atoms with E-state index in [1.54, 1.807) is 11.3 Å². The number of nitrogens with zero attached hydrogens (tertiary/aromatic N) is 1. The van der Waals surface area contributed by atoms with Crippen LogP contribution in [0.5, 0.6) is 0 Å². The van der Waals surface area contributed by atoms with E-state index in [0.717, 1.165) is 10.7 Å². The number of nitrogens with one attached hydrogen (secondary N) is 1. The molecule has 0 fully saturated rings. The number of aryl methyl sites for hydroxylation is 1. The molecule has 0 saturated carbocycles. The Balaban J connectivity index is 2.31. The normalized spacial score (nSPS) is 9.71. The van der Waals surface area contributed by atoms with Crippen molar-refractivity contribution in [2.24, 2.45) is 0 Å². The minimum absolute atomic E-state index is 0.116. The van der Waals surface area contributed by atoms with Crippen LogP contribution in [0.25, 0.3) is 0 Å². The maximum atomic E-state index is 11.3. The predicted molar refractivity (Wildman–Crippen MR) is 57.3 cm³/mol. The molecule has 1 aromatic rings. The summed E-state index contributed by atoms with van der Waals surface area (Å²) in [6.07, 6.45) is 5.43. The van der Waals surface area contributed by atoms with E-state index in [2.05, 4.69) is 16.2 Å². The van der Waals surface area contributed by atoms with Gasteiger partial charge in [0, 0.05) is 5.38 Å². The lowest BCUT2D eigenvalue weighted by atomic mass is 10.2. The molecule has 14 heavy (non-hydrogen) atoms. The lowest BCUT2D eigenvalue weighted by Gasteiger charge is -1.97. The molecule has 0 atom stereocenters. The van der Waals surface area contributed by atoms with Crippen LogP contribution >= 0.6 is 11.3 Å². The summed E-state index contributed by atoms with van der Waals surface area (Å²) in [4.78, 5) is 15.5. The number of hydrogen-bond acceptors (Lipinski definition) is 4. The van der Waals surface area contributed by atoms with Gasteiger partial charge in [-0.2, -0.15) is 0 Å². The maximum absolute atomic E-state index is 11.3. The van der Waals surface area contributed by atoms with Gasteiger partial charge in [-0.25, -0.2) is 4.98 Å². The largest absolute Gasteiger partial charge is 0.299 e. The zero-order chi connectivity index (χ0) is 10.4. The second-order valence-electron chi connectivity index (χ2n) is 2.88. The molecular formula is C10H12N2OS. The summed E-state index contributed by atoms with van der Waals surface area (Å²) in [5, 5.41) is 5.75. The predicted octanol–water partition coefficient (Wildman–Crippen LogP) is 0.786. The Labute approximate surface area is 87.6 Å². The molecule has 0 amide bonds. The Morgan fingerprint density at radius 1 is 1.79 bits per heavy atom. The summed E-state index contributed by atoms with van der Waals surface area (Å²) in [5.41, 5.74) is 0.847. The highest BCUT2D eigenvalue weighted by molar-refractivity contribution is 7.09. The molecule has 3 nitrogen and oxygen atoms in total. The number of Topliss-reactive ketones (excluding diaryl/α,β-unsaturated/α-hetero) is 1. The topological polar surface area (TPSA) is 42.0 Å². The molecule has 0 spiro atoms. The highest BCUT2D eigenvalue weighted by atomic mass is 32.1. The van der Waals surface area contributed by atoms with Gasteiger partial charge in [0.2, 0.25) is 0 Å². The Bertz CT molecular complexity index is 351. The average molecular weight is 208 g/mol. The number of rotatable bonds is 5. The first kappa shape index (κ1) is 10.9. The zero-order valence-corrected chi connectivity index (χ0v) is 8.86. The number of ketones is 1. The van der Waals surface area contributed by atoms with Gasteiger partial charge in [0.05, 0.1) is 30.2 Å². The molecular weight excluding hydrogens is 196 g/mol. The van der Waals surface area contributed by atoms with E-state index in [-0.39, 0.29) is 5.78 Å². The van der Waals surface area contributed by atoms with E-state index >= 15 is 0 Å². The van der Waals surface area contributed by atoms with Crippen molar-refractivity contribution in [2.45, 2.75) is 13.3 Å². The number of thiazole rings is 1. The van der Waals surface area contributed by atoms with Crippen molar-refractivity contribution >= 4 is 17.1 Å². The maximum Gasteiger partial charge on any atom is 0.152 e. The van der Waals surface area contributed by atoms with Crippen LogP contribution in [0.2, 0.25) is 0 Å². The van der Waals surface area contributed by atoms with Crippen LogP contribution in [0, 0.1) is 19.3 Å². The van der Waals surface area contributed by atoms with Crippen molar-refractivity contribution in [2.75, 3.05) is 13.1 Å². The van der Waals surface area contributed by atoms with Crippen molar-refractivity contribution in [3.8, 4) is 12.3 Å². The molecule has 0 unspecified atom stereocenters. The standard InChI is InChI=1S/C10H12N2OS/c1-3-4-11-6-10(13)5-9-7-14-8(2)12-9/h1,7,11H,4-6H2,2H3. The van der Waals surface area contributed by atoms with E-state index in [0.29, 0.717) is 19.5 Å². The third kappa shape index (κ3) is 3.69. The van der Waals surface area contributed by atoms with Crippen LogP contribution in [-0.4, -0.2) is 23.9 Å². The second kappa shape index (κ2) is 5.53. The molecule has 74 valence electrons. The third-order valence-electron chi connectivity index (χ3n) is 1.59. The van der Waals surface area contributed by atoms with Crippen LogP contribution in [-0.2, 0) is 11.2 Å². The first-order valence-electron chi connectivity index (χ1n) is 4.29. The SMILES string of the molecule is C#CCNCC(=O)Cc1csc(C)n1. The number of terminal acetylenes is 1. The number of carbonyl (C=O) groups excluding carboxylic acids is 1. The van der Waals surface area contributed by atoms with E-state index in [1.165, 1.54) is 0 Å². The smallest absolute Gasteiger partial charge is 0.152 e. The molecule has 0 aliphatic carbocycles. The molecule has 0 aliphatic heterocycles. The lowest BCUT2D eigenvalue weighted by Crippen LogP contribution is -2.24. The van der Waals surface area contributed by atoms with Gasteiger partial charge in [-0.3, -0.25) is 10.1 Å². The van der Waals surface area contributed by atoms with Crippen LogP contribution in [0.1, 0.15) is 10.7 Å². The van der Waals surface area contributed by atoms with Crippen LogP contribution in [0.4, 0.5) is 0 Å². The van der Waals surface area contributed by atoms with Gasteiger partial charge in [0.25, 0.3) is 0 Å². The molecule has 0 radical (unpaired) electrons. The monoisotopic (exact) mass is 208 g/mol. The summed E-state index contributed by atoms with van der Waals surface area (Å²) in [6.45, 7) is 2.68. The second-order valence-corrected chi connectivity index (χ2v) is 3.94. The highest BCUT2D eigenvalue weighted by Crippen LogP contribution is 2.08. The van der Waals surface area contributed by atoms with Gasteiger partial charge in [0.15, 0.2) is 5.78 Å². The minimum atomic E-state index is 0.116. The molecule has 1 heterocycles. The van der Waals surface area contributed by atoms with Crippen molar-refractivity contribution in [3.63, 3.8) is 0 Å². The van der Waals surface area contributed by atoms with Crippen molar-refractivity contribution in [1.29, 1.82) is 0 Å².